The van der Waals surface area contributed by atoms with Crippen LogP contribution in [0.2, 0.25) is 0 Å². The highest BCUT2D eigenvalue weighted by atomic mass is 16.3. The van der Waals surface area contributed by atoms with E-state index in [1.165, 1.54) is 31.2 Å². The van der Waals surface area contributed by atoms with Crippen molar-refractivity contribution >= 4 is 11.0 Å². The Labute approximate surface area is 126 Å². The number of aromatic nitrogens is 2. The maximum atomic E-state index is 9.72. The van der Waals surface area contributed by atoms with Gasteiger partial charge in [0.1, 0.15) is 0 Å². The van der Waals surface area contributed by atoms with Crippen LogP contribution in [0.4, 0.5) is 0 Å². The molecule has 0 amide bonds. The monoisotopic (exact) mass is 287 g/mol. The molecule has 0 radical (unpaired) electrons. The molecule has 0 unspecified atom stereocenters. The van der Waals surface area contributed by atoms with Crippen LogP contribution < -0.4 is 0 Å². The normalized spacial score (nSPS) is 17.9. The molecule has 3 rings (SSSR count). The molecular weight excluding hydrogens is 262 g/mol. The summed E-state index contributed by atoms with van der Waals surface area (Å²) in [7, 11) is 2.16. The lowest BCUT2D eigenvalue weighted by Crippen LogP contribution is -2.37. The summed E-state index contributed by atoms with van der Waals surface area (Å²) < 4.78 is 2.21. The van der Waals surface area contributed by atoms with Crippen LogP contribution in [0, 0.1) is 5.41 Å². The van der Waals surface area contributed by atoms with E-state index < -0.39 is 0 Å². The van der Waals surface area contributed by atoms with E-state index in [1.54, 1.807) is 0 Å². The molecule has 1 aliphatic rings. The number of nitrogens with zero attached hydrogens (tertiary/aromatic N) is 3. The summed E-state index contributed by atoms with van der Waals surface area (Å²) in [5, 5.41) is 9.72. The zero-order valence-corrected chi connectivity index (χ0v) is 12.8. The number of para-hydroxylation sites is 2. The fourth-order valence-electron chi connectivity index (χ4n) is 3.61. The molecule has 0 saturated heterocycles. The molecule has 0 aliphatic heterocycles. The second-order valence-electron chi connectivity index (χ2n) is 6.53. The van der Waals surface area contributed by atoms with Gasteiger partial charge in [-0.15, -0.1) is 0 Å². The standard InChI is InChI=1S/C17H25N3O/c1-19(12-17(13-21)8-4-5-9-17)10-11-20-14-18-15-6-2-3-7-16(15)20/h2-3,6-7,14,21H,4-5,8-13H2,1H3. The Morgan fingerprint density at radius 1 is 1.29 bits per heavy atom. The van der Waals surface area contributed by atoms with Crippen molar-refractivity contribution in [2.24, 2.45) is 5.41 Å². The molecule has 1 N–H and O–H groups in total. The zero-order chi connectivity index (χ0) is 14.7. The topological polar surface area (TPSA) is 41.3 Å². The van der Waals surface area contributed by atoms with Crippen molar-refractivity contribution in [3.63, 3.8) is 0 Å². The average Bonchev–Trinajstić information content (AvgIpc) is 3.12. The van der Waals surface area contributed by atoms with Crippen molar-refractivity contribution in [3.8, 4) is 0 Å². The minimum atomic E-state index is 0.145. The molecule has 1 aromatic heterocycles. The van der Waals surface area contributed by atoms with Crippen molar-refractivity contribution in [1.82, 2.24) is 14.5 Å². The molecule has 2 aromatic rings. The molecule has 1 aliphatic carbocycles. The van der Waals surface area contributed by atoms with Crippen molar-refractivity contribution in [1.29, 1.82) is 0 Å². The van der Waals surface area contributed by atoms with Crippen LogP contribution in [0.3, 0.4) is 0 Å². The second-order valence-corrected chi connectivity index (χ2v) is 6.53. The van der Waals surface area contributed by atoms with E-state index in [1.807, 2.05) is 12.4 Å². The van der Waals surface area contributed by atoms with Crippen LogP contribution in [-0.4, -0.2) is 46.3 Å². The molecular formula is C17H25N3O. The van der Waals surface area contributed by atoms with E-state index >= 15 is 0 Å². The van der Waals surface area contributed by atoms with Crippen LogP contribution in [0.15, 0.2) is 30.6 Å². The summed E-state index contributed by atoms with van der Waals surface area (Å²) >= 11 is 0. The van der Waals surface area contributed by atoms with Gasteiger partial charge in [-0.25, -0.2) is 4.98 Å². The molecule has 1 fully saturated rings. The lowest BCUT2D eigenvalue weighted by Gasteiger charge is -2.31. The predicted octanol–water partition coefficient (Wildman–Crippen LogP) is 2.52. The van der Waals surface area contributed by atoms with Gasteiger partial charge < -0.3 is 14.6 Å². The Morgan fingerprint density at radius 3 is 2.81 bits per heavy atom. The van der Waals surface area contributed by atoms with Gasteiger partial charge in [0.25, 0.3) is 0 Å². The molecule has 0 bridgehead atoms. The quantitative estimate of drug-likeness (QED) is 0.887. The van der Waals surface area contributed by atoms with Gasteiger partial charge in [0.2, 0.25) is 0 Å². The number of aliphatic hydroxyl groups is 1. The summed E-state index contributed by atoms with van der Waals surface area (Å²) in [6.07, 6.45) is 6.79. The number of imidazole rings is 1. The minimum Gasteiger partial charge on any atom is -0.396 e. The smallest absolute Gasteiger partial charge is 0.0958 e. The van der Waals surface area contributed by atoms with E-state index in [2.05, 4.69) is 39.7 Å². The van der Waals surface area contributed by atoms with Crippen LogP contribution in [-0.2, 0) is 6.54 Å². The number of benzene rings is 1. The van der Waals surface area contributed by atoms with E-state index in [0.29, 0.717) is 6.61 Å². The number of aliphatic hydroxyl groups excluding tert-OH is 1. The molecule has 4 nitrogen and oxygen atoms in total. The number of hydrogen-bond donors (Lipinski definition) is 1. The minimum absolute atomic E-state index is 0.145. The molecule has 1 heterocycles. The second kappa shape index (κ2) is 6.16. The van der Waals surface area contributed by atoms with Crippen LogP contribution in [0.25, 0.3) is 11.0 Å². The number of likely N-dealkylation sites (N-methyl/N-ethyl adjacent to an activating group) is 1. The maximum absolute atomic E-state index is 9.72. The average molecular weight is 287 g/mol. The third-order valence-corrected chi connectivity index (χ3v) is 4.85. The van der Waals surface area contributed by atoms with Gasteiger partial charge in [0.15, 0.2) is 0 Å². The summed E-state index contributed by atoms with van der Waals surface area (Å²) in [5.74, 6) is 0. The Morgan fingerprint density at radius 2 is 2.05 bits per heavy atom. The molecule has 1 saturated carbocycles. The summed E-state index contributed by atoms with van der Waals surface area (Å²) in [6.45, 7) is 3.25. The van der Waals surface area contributed by atoms with E-state index in [4.69, 9.17) is 0 Å². The first-order valence-corrected chi connectivity index (χ1v) is 7.92. The molecule has 114 valence electrons. The highest BCUT2D eigenvalue weighted by Crippen LogP contribution is 2.38. The highest BCUT2D eigenvalue weighted by Gasteiger charge is 2.33. The highest BCUT2D eigenvalue weighted by molar-refractivity contribution is 5.74. The third-order valence-electron chi connectivity index (χ3n) is 4.85. The van der Waals surface area contributed by atoms with Gasteiger partial charge in [0.05, 0.1) is 17.4 Å². The van der Waals surface area contributed by atoms with Gasteiger partial charge in [-0.1, -0.05) is 25.0 Å². The maximum Gasteiger partial charge on any atom is 0.0958 e. The largest absolute Gasteiger partial charge is 0.396 e. The zero-order valence-electron chi connectivity index (χ0n) is 12.8. The number of fused-ring (bicyclic) bond motifs is 1. The first-order chi connectivity index (χ1) is 10.2. The van der Waals surface area contributed by atoms with Crippen LogP contribution in [0.5, 0.6) is 0 Å². The fraction of sp³-hybridized carbons (Fsp3) is 0.588. The predicted molar refractivity (Wildman–Crippen MR) is 85.2 cm³/mol. The lowest BCUT2D eigenvalue weighted by atomic mass is 9.87. The fourth-order valence-corrected chi connectivity index (χ4v) is 3.61. The molecule has 4 heteroatoms. The van der Waals surface area contributed by atoms with E-state index in [-0.39, 0.29) is 5.41 Å². The van der Waals surface area contributed by atoms with Crippen molar-refractivity contribution < 1.29 is 5.11 Å². The molecule has 1 aromatic carbocycles. The number of rotatable bonds is 6. The van der Waals surface area contributed by atoms with Gasteiger partial charge in [-0.2, -0.15) is 0 Å². The summed E-state index contributed by atoms with van der Waals surface area (Å²) in [6, 6.07) is 8.25. The van der Waals surface area contributed by atoms with Crippen LogP contribution in [0.1, 0.15) is 25.7 Å². The van der Waals surface area contributed by atoms with Gasteiger partial charge >= 0.3 is 0 Å². The van der Waals surface area contributed by atoms with E-state index in [0.717, 1.165) is 25.2 Å². The summed E-state index contributed by atoms with van der Waals surface area (Å²) in [4.78, 5) is 6.79. The van der Waals surface area contributed by atoms with Crippen molar-refractivity contribution in [3.05, 3.63) is 30.6 Å². The SMILES string of the molecule is CN(CCn1cnc2ccccc21)CC1(CO)CCCC1. The Balaban J connectivity index is 1.59. The Hall–Kier alpha value is -1.39. The molecule has 21 heavy (non-hydrogen) atoms. The first kappa shape index (κ1) is 14.5. The number of hydrogen-bond acceptors (Lipinski definition) is 3. The third kappa shape index (κ3) is 3.11. The summed E-state index contributed by atoms with van der Waals surface area (Å²) in [5.41, 5.74) is 2.40. The van der Waals surface area contributed by atoms with Gasteiger partial charge in [-0.05, 0) is 32.0 Å². The Kier molecular flexibility index (Phi) is 4.27. The first-order valence-electron chi connectivity index (χ1n) is 7.92. The Bertz CT molecular complexity index is 586. The van der Waals surface area contributed by atoms with Crippen molar-refractivity contribution in [2.45, 2.75) is 32.2 Å². The lowest BCUT2D eigenvalue weighted by molar-refractivity contribution is 0.0878. The van der Waals surface area contributed by atoms with Crippen LogP contribution >= 0.6 is 0 Å². The molecule has 0 spiro atoms. The van der Waals surface area contributed by atoms with E-state index in [9.17, 15) is 5.11 Å². The van der Waals surface area contributed by atoms with Crippen molar-refractivity contribution in [2.75, 3.05) is 26.7 Å². The van der Waals surface area contributed by atoms with Gasteiger partial charge in [-0.3, -0.25) is 0 Å². The molecule has 0 atom stereocenters. The van der Waals surface area contributed by atoms with Gasteiger partial charge in [0, 0.05) is 31.7 Å².